The van der Waals surface area contributed by atoms with Crippen LogP contribution in [0.2, 0.25) is 0 Å². The van der Waals surface area contributed by atoms with Gasteiger partial charge in [0.25, 0.3) is 0 Å². The van der Waals surface area contributed by atoms with Gasteiger partial charge in [-0.1, -0.05) is 109 Å². The molecule has 43 heavy (non-hydrogen) atoms. The van der Waals surface area contributed by atoms with E-state index in [9.17, 15) is 0 Å². The molecule has 0 spiro atoms. The van der Waals surface area contributed by atoms with Crippen molar-refractivity contribution < 1.29 is 0 Å². The number of nitrogens with one attached hydrogen (secondary N) is 1. The molecule has 200 valence electrons. The van der Waals surface area contributed by atoms with Crippen molar-refractivity contribution in [3.63, 3.8) is 0 Å². The van der Waals surface area contributed by atoms with Crippen molar-refractivity contribution in [3.05, 3.63) is 146 Å². The van der Waals surface area contributed by atoms with Crippen LogP contribution in [0.4, 0.5) is 0 Å². The Balaban J connectivity index is 1.23. The fraction of sp³-hybridized carbons (Fsp3) is 0. The second kappa shape index (κ2) is 9.37. The van der Waals surface area contributed by atoms with Crippen molar-refractivity contribution in [1.82, 2.24) is 15.0 Å². The number of aromatic amines is 1. The van der Waals surface area contributed by atoms with E-state index in [1.54, 1.807) is 0 Å². The van der Waals surface area contributed by atoms with Crippen molar-refractivity contribution in [2.24, 2.45) is 0 Å². The van der Waals surface area contributed by atoms with E-state index in [2.05, 4.69) is 137 Å². The number of rotatable bonds is 3. The Morgan fingerprint density at radius 2 is 1.14 bits per heavy atom. The third-order valence-electron chi connectivity index (χ3n) is 8.66. The van der Waals surface area contributed by atoms with Gasteiger partial charge < -0.3 is 4.98 Å². The Morgan fingerprint density at radius 1 is 0.442 bits per heavy atom. The molecule has 9 aromatic rings. The Morgan fingerprint density at radius 3 is 2.00 bits per heavy atom. The highest BCUT2D eigenvalue weighted by molar-refractivity contribution is 6.22. The van der Waals surface area contributed by atoms with E-state index in [0.29, 0.717) is 0 Å². The molecule has 0 aliphatic rings. The summed E-state index contributed by atoms with van der Waals surface area (Å²) in [4.78, 5) is 13.2. The number of hydrogen-bond acceptors (Lipinski definition) is 2. The molecule has 0 atom stereocenters. The first-order valence-electron chi connectivity index (χ1n) is 14.6. The minimum absolute atomic E-state index is 0.938. The molecule has 3 heterocycles. The summed E-state index contributed by atoms with van der Waals surface area (Å²) in [6.45, 7) is 0. The Hall–Kier alpha value is -5.80. The van der Waals surface area contributed by atoms with E-state index in [-0.39, 0.29) is 0 Å². The number of benzene rings is 6. The summed E-state index contributed by atoms with van der Waals surface area (Å²) in [7, 11) is 0. The monoisotopic (exact) mass is 547 g/mol. The number of fused-ring (bicyclic) bond motifs is 8. The number of pyridine rings is 2. The van der Waals surface area contributed by atoms with Gasteiger partial charge in [0, 0.05) is 45.2 Å². The van der Waals surface area contributed by atoms with Crippen molar-refractivity contribution in [1.29, 1.82) is 0 Å². The van der Waals surface area contributed by atoms with Crippen LogP contribution >= 0.6 is 0 Å². The SMILES string of the molecule is c1ccc(-c2[nH]c3ccc4c5ccc(-c6cnc7c(ccc8cccnc87)c6)cc5ccc4c3c2-c2ccccc2)cc1. The first-order valence-corrected chi connectivity index (χ1v) is 14.6. The van der Waals surface area contributed by atoms with Crippen LogP contribution in [-0.2, 0) is 0 Å². The van der Waals surface area contributed by atoms with Crippen molar-refractivity contribution in [2.45, 2.75) is 0 Å². The summed E-state index contributed by atoms with van der Waals surface area (Å²) >= 11 is 0. The molecule has 0 saturated carbocycles. The Labute approximate surface area is 248 Å². The first-order chi connectivity index (χ1) is 21.3. The maximum Gasteiger partial charge on any atom is 0.0964 e. The van der Waals surface area contributed by atoms with E-state index in [4.69, 9.17) is 4.98 Å². The van der Waals surface area contributed by atoms with Crippen LogP contribution < -0.4 is 0 Å². The number of hydrogen-bond donors (Lipinski definition) is 1. The van der Waals surface area contributed by atoms with Crippen LogP contribution in [-0.4, -0.2) is 15.0 Å². The predicted octanol–water partition coefficient (Wildman–Crippen LogP) is 10.6. The maximum atomic E-state index is 4.85. The number of H-pyrrole nitrogens is 1. The molecule has 1 N–H and O–H groups in total. The molecule has 0 saturated heterocycles. The Bertz CT molecular complexity index is 2490. The van der Waals surface area contributed by atoms with Gasteiger partial charge in [-0.2, -0.15) is 0 Å². The number of aromatic nitrogens is 3. The third-order valence-corrected chi connectivity index (χ3v) is 8.66. The summed E-state index contributed by atoms with van der Waals surface area (Å²) in [5.41, 5.74) is 10.1. The number of nitrogens with zero attached hydrogens (tertiary/aromatic N) is 2. The van der Waals surface area contributed by atoms with Crippen molar-refractivity contribution in [3.8, 4) is 33.5 Å². The maximum absolute atomic E-state index is 4.85. The summed E-state index contributed by atoms with van der Waals surface area (Å²) in [5, 5.41) is 8.42. The molecule has 0 fully saturated rings. The minimum Gasteiger partial charge on any atom is -0.354 e. The standard InChI is InChI=1S/C40H25N3/c1-3-8-25(9-4-1)36-37-34-18-16-29-22-28(31-23-30-14-13-27-12-7-21-41-39(27)40(30)42-24-31)15-17-32(29)33(34)19-20-35(37)43-38(36)26-10-5-2-6-11-26/h1-24,43H. The summed E-state index contributed by atoms with van der Waals surface area (Å²) in [5.74, 6) is 0. The van der Waals surface area contributed by atoms with Gasteiger partial charge in [-0.15, -0.1) is 0 Å². The zero-order valence-electron chi connectivity index (χ0n) is 23.3. The summed E-state index contributed by atoms with van der Waals surface area (Å²) in [6, 6.07) is 47.7. The third kappa shape index (κ3) is 3.75. The van der Waals surface area contributed by atoms with Crippen LogP contribution in [0.5, 0.6) is 0 Å². The van der Waals surface area contributed by atoms with Gasteiger partial charge in [0.05, 0.1) is 16.7 Å². The highest BCUT2D eigenvalue weighted by Crippen LogP contribution is 2.43. The van der Waals surface area contributed by atoms with Gasteiger partial charge >= 0.3 is 0 Å². The molecule has 3 heteroatoms. The fourth-order valence-electron chi connectivity index (χ4n) is 6.63. The van der Waals surface area contributed by atoms with Crippen LogP contribution in [0, 0.1) is 0 Å². The van der Waals surface area contributed by atoms with Gasteiger partial charge in [0.15, 0.2) is 0 Å². The minimum atomic E-state index is 0.938. The van der Waals surface area contributed by atoms with E-state index in [0.717, 1.165) is 44.1 Å². The molecule has 3 aromatic heterocycles. The average Bonchev–Trinajstić information content (AvgIpc) is 3.48. The predicted molar refractivity (Wildman–Crippen MR) is 180 cm³/mol. The molecule has 0 bridgehead atoms. The summed E-state index contributed by atoms with van der Waals surface area (Å²) in [6.07, 6.45) is 3.80. The normalized spacial score (nSPS) is 11.7. The van der Waals surface area contributed by atoms with E-state index < -0.39 is 0 Å². The van der Waals surface area contributed by atoms with Crippen LogP contribution in [0.1, 0.15) is 0 Å². The van der Waals surface area contributed by atoms with E-state index >= 15 is 0 Å². The molecular weight excluding hydrogens is 522 g/mol. The van der Waals surface area contributed by atoms with Crippen LogP contribution in [0.25, 0.3) is 87.8 Å². The zero-order valence-corrected chi connectivity index (χ0v) is 23.3. The molecule has 0 aliphatic carbocycles. The van der Waals surface area contributed by atoms with Gasteiger partial charge in [0.1, 0.15) is 0 Å². The van der Waals surface area contributed by atoms with Crippen LogP contribution in [0.3, 0.4) is 0 Å². The Kier molecular flexibility index (Phi) is 5.20. The lowest BCUT2D eigenvalue weighted by molar-refractivity contribution is 1.37. The highest BCUT2D eigenvalue weighted by Gasteiger charge is 2.18. The topological polar surface area (TPSA) is 41.6 Å². The molecular formula is C40H25N3. The fourth-order valence-corrected chi connectivity index (χ4v) is 6.63. The second-order valence-electron chi connectivity index (χ2n) is 11.1. The lowest BCUT2D eigenvalue weighted by atomic mass is 9.92. The summed E-state index contributed by atoms with van der Waals surface area (Å²) < 4.78 is 0. The highest BCUT2D eigenvalue weighted by atomic mass is 14.7. The average molecular weight is 548 g/mol. The molecule has 9 rings (SSSR count). The lowest BCUT2D eigenvalue weighted by Crippen LogP contribution is -1.87. The molecule has 3 nitrogen and oxygen atoms in total. The molecule has 6 aromatic carbocycles. The van der Waals surface area contributed by atoms with Crippen LogP contribution in [0.15, 0.2) is 146 Å². The lowest BCUT2D eigenvalue weighted by Gasteiger charge is -2.11. The molecule has 0 aliphatic heterocycles. The van der Waals surface area contributed by atoms with Gasteiger partial charge in [-0.25, -0.2) is 0 Å². The quantitative estimate of drug-likeness (QED) is 0.224. The van der Waals surface area contributed by atoms with E-state index in [1.165, 1.54) is 43.6 Å². The van der Waals surface area contributed by atoms with Crippen molar-refractivity contribution >= 4 is 54.3 Å². The molecule has 0 unspecified atom stereocenters. The molecule has 0 radical (unpaired) electrons. The van der Waals surface area contributed by atoms with Gasteiger partial charge in [-0.3, -0.25) is 9.97 Å². The second-order valence-corrected chi connectivity index (χ2v) is 11.1. The zero-order chi connectivity index (χ0) is 28.3. The largest absolute Gasteiger partial charge is 0.354 e. The van der Waals surface area contributed by atoms with E-state index in [1.807, 2.05) is 18.5 Å². The first kappa shape index (κ1) is 23.9. The van der Waals surface area contributed by atoms with Gasteiger partial charge in [-0.05, 0) is 62.5 Å². The molecule has 0 amide bonds. The van der Waals surface area contributed by atoms with Gasteiger partial charge in [0.2, 0.25) is 0 Å². The van der Waals surface area contributed by atoms with Crippen molar-refractivity contribution in [2.75, 3.05) is 0 Å². The smallest absolute Gasteiger partial charge is 0.0964 e.